The van der Waals surface area contributed by atoms with Gasteiger partial charge in [0.2, 0.25) is 0 Å². The van der Waals surface area contributed by atoms with Crippen molar-refractivity contribution in [2.24, 2.45) is 0 Å². The molecule has 28 heavy (non-hydrogen) atoms. The molecule has 1 aliphatic rings. The fourth-order valence-electron chi connectivity index (χ4n) is 3.82. The minimum atomic E-state index is -1.61. The van der Waals surface area contributed by atoms with Crippen LogP contribution in [0.2, 0.25) is 5.02 Å². The van der Waals surface area contributed by atoms with Gasteiger partial charge in [0.05, 0.1) is 11.0 Å². The second kappa shape index (κ2) is 6.19. The second-order valence-electron chi connectivity index (χ2n) is 6.82. The van der Waals surface area contributed by atoms with Crippen LogP contribution in [0.25, 0.3) is 11.0 Å². The molecule has 1 radical (unpaired) electrons. The van der Waals surface area contributed by atoms with Crippen LogP contribution in [0.1, 0.15) is 27.0 Å². The van der Waals surface area contributed by atoms with Crippen molar-refractivity contribution < 1.29 is 9.90 Å². The molecule has 2 heterocycles. The van der Waals surface area contributed by atoms with Crippen molar-refractivity contribution in [3.8, 4) is 0 Å². The Bertz CT molecular complexity index is 1220. The van der Waals surface area contributed by atoms with Gasteiger partial charge in [-0.05, 0) is 35.9 Å². The molecule has 5 rings (SSSR count). The van der Waals surface area contributed by atoms with Gasteiger partial charge in [0.25, 0.3) is 5.91 Å². The summed E-state index contributed by atoms with van der Waals surface area (Å²) in [5.41, 5.74) is 2.32. The maximum absolute atomic E-state index is 13.2. The van der Waals surface area contributed by atoms with Gasteiger partial charge in [-0.2, -0.15) is 0 Å². The van der Waals surface area contributed by atoms with E-state index in [4.69, 9.17) is 11.6 Å². The van der Waals surface area contributed by atoms with Crippen LogP contribution in [-0.2, 0) is 12.3 Å². The molecule has 0 aliphatic carbocycles. The van der Waals surface area contributed by atoms with Crippen molar-refractivity contribution in [3.05, 3.63) is 100 Å². The third kappa shape index (κ3) is 2.44. The number of carbonyl (C=O) groups is 1. The topological polar surface area (TPSA) is 69.2 Å². The highest BCUT2D eigenvalue weighted by Crippen LogP contribution is 2.43. The van der Waals surface area contributed by atoms with Crippen LogP contribution in [0.3, 0.4) is 0 Å². The molecule has 1 aliphatic heterocycles. The number of carbonyl (C=O) groups excluding carboxylic acids is 1. The summed E-state index contributed by atoms with van der Waals surface area (Å²) in [6, 6.07) is 19.8. The molecule has 1 unspecified atom stereocenters. The van der Waals surface area contributed by atoms with E-state index in [-0.39, 0.29) is 12.5 Å². The first-order chi connectivity index (χ1) is 13.6. The van der Waals surface area contributed by atoms with Gasteiger partial charge in [-0.1, -0.05) is 48.0 Å². The Labute approximate surface area is 166 Å². The summed E-state index contributed by atoms with van der Waals surface area (Å²) < 4.78 is 0. The van der Waals surface area contributed by atoms with E-state index in [1.807, 2.05) is 24.3 Å². The molecule has 0 spiro atoms. The minimum absolute atomic E-state index is 0.218. The molecule has 137 valence electrons. The number of halogens is 1. The summed E-state index contributed by atoms with van der Waals surface area (Å²) in [7, 11) is 0. The van der Waals surface area contributed by atoms with Crippen LogP contribution in [0, 0.1) is 6.33 Å². The number of aromatic amines is 1. The molecule has 0 saturated carbocycles. The van der Waals surface area contributed by atoms with Crippen LogP contribution >= 0.6 is 11.6 Å². The molecule has 1 atom stereocenters. The average Bonchev–Trinajstić information content (AvgIpc) is 3.26. The largest absolute Gasteiger partial charge is 0.363 e. The number of aromatic nitrogens is 2. The number of aliphatic hydroxyl groups is 1. The van der Waals surface area contributed by atoms with E-state index in [1.54, 1.807) is 42.5 Å². The van der Waals surface area contributed by atoms with Crippen molar-refractivity contribution in [3.63, 3.8) is 0 Å². The maximum Gasteiger partial charge on any atom is 0.257 e. The second-order valence-corrected chi connectivity index (χ2v) is 7.26. The summed E-state index contributed by atoms with van der Waals surface area (Å²) in [4.78, 5) is 21.8. The van der Waals surface area contributed by atoms with E-state index in [0.29, 0.717) is 27.2 Å². The highest BCUT2D eigenvalue weighted by Gasteiger charge is 2.49. The zero-order valence-corrected chi connectivity index (χ0v) is 15.4. The van der Waals surface area contributed by atoms with E-state index in [0.717, 1.165) is 11.1 Å². The van der Waals surface area contributed by atoms with Gasteiger partial charge in [0, 0.05) is 28.3 Å². The van der Waals surface area contributed by atoms with Crippen LogP contribution < -0.4 is 0 Å². The van der Waals surface area contributed by atoms with Gasteiger partial charge >= 0.3 is 0 Å². The van der Waals surface area contributed by atoms with E-state index in [1.165, 1.54) is 4.90 Å². The molecule has 5 nitrogen and oxygen atoms in total. The first-order valence-electron chi connectivity index (χ1n) is 8.82. The fourth-order valence-corrected chi connectivity index (χ4v) is 4.03. The maximum atomic E-state index is 13.2. The summed E-state index contributed by atoms with van der Waals surface area (Å²) in [5.74, 6) is -0.230. The van der Waals surface area contributed by atoms with Gasteiger partial charge in [-0.15, -0.1) is 0 Å². The zero-order chi connectivity index (χ0) is 19.3. The molecule has 1 amide bonds. The molecule has 6 heteroatoms. The first-order valence-corrected chi connectivity index (χ1v) is 9.20. The number of rotatable bonds is 3. The third-order valence-electron chi connectivity index (χ3n) is 5.17. The average molecular weight is 389 g/mol. The van der Waals surface area contributed by atoms with E-state index in [9.17, 15) is 9.90 Å². The summed E-state index contributed by atoms with van der Waals surface area (Å²) in [6.07, 6.45) is 2.70. The monoisotopic (exact) mass is 388 g/mol. The van der Waals surface area contributed by atoms with Crippen LogP contribution in [-0.4, -0.2) is 25.9 Å². The normalized spacial score (nSPS) is 18.6. The summed E-state index contributed by atoms with van der Waals surface area (Å²) in [5, 5.41) is 12.5. The zero-order valence-electron chi connectivity index (χ0n) is 14.7. The molecule has 2 N–H and O–H groups in total. The van der Waals surface area contributed by atoms with Gasteiger partial charge in [-0.3, -0.25) is 9.69 Å². The van der Waals surface area contributed by atoms with Crippen molar-refractivity contribution in [1.82, 2.24) is 14.9 Å². The molecular weight excluding hydrogens is 374 g/mol. The van der Waals surface area contributed by atoms with Gasteiger partial charge in [0.15, 0.2) is 12.1 Å². The number of nitrogens with one attached hydrogen (secondary N) is 1. The Balaban J connectivity index is 1.69. The molecule has 4 aromatic rings. The van der Waals surface area contributed by atoms with Crippen LogP contribution in [0.5, 0.6) is 0 Å². The number of imidazole rings is 1. The first kappa shape index (κ1) is 17.0. The van der Waals surface area contributed by atoms with Gasteiger partial charge in [0.1, 0.15) is 0 Å². The molecule has 0 bridgehead atoms. The number of hydrogen-bond acceptors (Lipinski definition) is 3. The van der Waals surface area contributed by atoms with Crippen molar-refractivity contribution in [2.45, 2.75) is 12.3 Å². The van der Waals surface area contributed by atoms with Crippen molar-refractivity contribution in [1.29, 1.82) is 0 Å². The molecule has 1 aromatic heterocycles. The summed E-state index contributed by atoms with van der Waals surface area (Å²) in [6.45, 7) is 0.218. The lowest BCUT2D eigenvalue weighted by molar-refractivity contribution is -0.0542. The lowest BCUT2D eigenvalue weighted by Gasteiger charge is -2.35. The number of benzene rings is 3. The Hall–Kier alpha value is -3.15. The van der Waals surface area contributed by atoms with E-state index in [2.05, 4.69) is 16.3 Å². The standard InChI is InChI=1S/C22H15ClN3O2/c23-16-5-3-4-14(10-16)12-26-21(27)17-6-1-2-7-18(17)22(26,28)15-8-9-19-20(11-15)25-13-24-19/h1-11,28H,12H2,(H,24,25). The number of H-pyrrole nitrogens is 1. The third-order valence-corrected chi connectivity index (χ3v) is 5.40. The highest BCUT2D eigenvalue weighted by molar-refractivity contribution is 6.30. The van der Waals surface area contributed by atoms with E-state index >= 15 is 0 Å². The van der Waals surface area contributed by atoms with Gasteiger partial charge < -0.3 is 10.1 Å². The minimum Gasteiger partial charge on any atom is -0.363 e. The van der Waals surface area contributed by atoms with Gasteiger partial charge in [-0.25, -0.2) is 4.98 Å². The molecule has 0 fully saturated rings. The Morgan fingerprint density at radius 2 is 1.96 bits per heavy atom. The Morgan fingerprint density at radius 1 is 1.11 bits per heavy atom. The number of hydrogen-bond donors (Lipinski definition) is 2. The number of nitrogens with zero attached hydrogens (tertiary/aromatic N) is 2. The predicted molar refractivity (Wildman–Crippen MR) is 106 cm³/mol. The number of amides is 1. The lowest BCUT2D eigenvalue weighted by Crippen LogP contribution is -2.44. The van der Waals surface area contributed by atoms with Crippen molar-refractivity contribution in [2.75, 3.05) is 0 Å². The predicted octanol–water partition coefficient (Wildman–Crippen LogP) is 3.87. The Morgan fingerprint density at radius 3 is 2.82 bits per heavy atom. The Kier molecular flexibility index (Phi) is 3.75. The van der Waals surface area contributed by atoms with E-state index < -0.39 is 5.72 Å². The molecule has 3 aromatic carbocycles. The van der Waals surface area contributed by atoms with Crippen LogP contribution in [0.15, 0.2) is 66.7 Å². The number of fused-ring (bicyclic) bond motifs is 2. The lowest BCUT2D eigenvalue weighted by atomic mass is 9.93. The molecular formula is C22H15ClN3O2. The fraction of sp³-hybridized carbons (Fsp3) is 0.0909. The SMILES string of the molecule is O=C1c2ccccc2C(O)(c2ccc3[nH][c]nc3c2)N1Cc1cccc(Cl)c1. The van der Waals surface area contributed by atoms with Crippen LogP contribution in [0.4, 0.5) is 0 Å². The highest BCUT2D eigenvalue weighted by atomic mass is 35.5. The van der Waals surface area contributed by atoms with Crippen molar-refractivity contribution >= 4 is 28.5 Å². The molecule has 0 saturated heterocycles. The quantitative estimate of drug-likeness (QED) is 0.560. The summed E-state index contributed by atoms with van der Waals surface area (Å²) >= 11 is 6.12. The smallest absolute Gasteiger partial charge is 0.257 e.